The first-order valence-corrected chi connectivity index (χ1v) is 9.92. The van der Waals surface area contributed by atoms with Gasteiger partial charge >= 0.3 is 0 Å². The van der Waals surface area contributed by atoms with E-state index in [4.69, 9.17) is 9.40 Å². The number of aryl methyl sites for hydroxylation is 2. The molecule has 1 fully saturated rings. The molecule has 5 nitrogen and oxygen atoms in total. The minimum Gasteiger partial charge on any atom is -0.441 e. The quantitative estimate of drug-likeness (QED) is 0.659. The molecule has 4 rings (SSSR count). The molecule has 3 aromatic rings. The maximum absolute atomic E-state index is 5.91. The van der Waals surface area contributed by atoms with E-state index in [1.54, 1.807) is 11.3 Å². The fourth-order valence-electron chi connectivity index (χ4n) is 3.59. The number of hydrogen-bond acceptors (Lipinski definition) is 5. The van der Waals surface area contributed by atoms with Crippen LogP contribution in [0, 0.1) is 6.92 Å². The summed E-state index contributed by atoms with van der Waals surface area (Å²) in [4.78, 5) is 11.5. The van der Waals surface area contributed by atoms with Gasteiger partial charge in [0, 0.05) is 42.5 Å². The molecule has 0 N–H and O–H groups in total. The second-order valence-electron chi connectivity index (χ2n) is 6.74. The number of nitrogens with zero attached hydrogens (tertiary/aromatic N) is 4. The van der Waals surface area contributed by atoms with Gasteiger partial charge in [0.25, 0.3) is 0 Å². The van der Waals surface area contributed by atoms with Crippen molar-refractivity contribution in [3.05, 3.63) is 47.0 Å². The van der Waals surface area contributed by atoms with Crippen molar-refractivity contribution in [2.75, 3.05) is 6.54 Å². The van der Waals surface area contributed by atoms with Crippen LogP contribution in [-0.2, 0) is 13.1 Å². The molecule has 0 spiro atoms. The summed E-state index contributed by atoms with van der Waals surface area (Å²) >= 11 is 1.67. The van der Waals surface area contributed by atoms with Gasteiger partial charge in [0.1, 0.15) is 5.76 Å². The molecular weight excluding hydrogens is 332 g/mol. The lowest BCUT2D eigenvalue weighted by atomic mass is 9.99. The Hall–Kier alpha value is -1.92. The Morgan fingerprint density at radius 2 is 2.32 bits per heavy atom. The predicted octanol–water partition coefficient (Wildman–Crippen LogP) is 4.35. The molecule has 0 aliphatic carbocycles. The molecule has 25 heavy (non-hydrogen) atoms. The summed E-state index contributed by atoms with van der Waals surface area (Å²) in [7, 11) is 0. The van der Waals surface area contributed by atoms with Gasteiger partial charge in [-0.05, 0) is 44.2 Å². The van der Waals surface area contributed by atoms with Crippen molar-refractivity contribution in [3.8, 4) is 11.5 Å². The topological polar surface area (TPSA) is 47.1 Å². The fourth-order valence-corrected chi connectivity index (χ4v) is 4.22. The van der Waals surface area contributed by atoms with Crippen LogP contribution in [0.3, 0.4) is 0 Å². The van der Waals surface area contributed by atoms with Gasteiger partial charge in [0.2, 0.25) is 5.89 Å². The van der Waals surface area contributed by atoms with Crippen molar-refractivity contribution in [3.63, 3.8) is 0 Å². The first-order valence-electron chi connectivity index (χ1n) is 8.98. The summed E-state index contributed by atoms with van der Waals surface area (Å²) in [5.74, 6) is 1.70. The zero-order valence-corrected chi connectivity index (χ0v) is 15.4. The van der Waals surface area contributed by atoms with E-state index in [0.29, 0.717) is 6.04 Å². The predicted molar refractivity (Wildman–Crippen MR) is 99.4 cm³/mol. The van der Waals surface area contributed by atoms with Crippen LogP contribution < -0.4 is 0 Å². The maximum Gasteiger partial charge on any atom is 0.227 e. The normalized spacial score (nSPS) is 18.7. The number of thiophene rings is 1. The van der Waals surface area contributed by atoms with Crippen LogP contribution in [0.2, 0.25) is 0 Å². The molecule has 0 radical (unpaired) electrons. The van der Waals surface area contributed by atoms with Crippen molar-refractivity contribution in [1.82, 2.24) is 19.4 Å². The smallest absolute Gasteiger partial charge is 0.227 e. The maximum atomic E-state index is 5.91. The van der Waals surface area contributed by atoms with Crippen molar-refractivity contribution in [1.29, 1.82) is 0 Å². The first kappa shape index (κ1) is 16.5. The van der Waals surface area contributed by atoms with Crippen LogP contribution >= 0.6 is 11.3 Å². The number of imidazole rings is 1. The van der Waals surface area contributed by atoms with E-state index in [1.165, 1.54) is 19.3 Å². The fraction of sp³-hybridized carbons (Fsp3) is 0.474. The Bertz CT molecular complexity index is 779. The van der Waals surface area contributed by atoms with E-state index < -0.39 is 0 Å². The van der Waals surface area contributed by atoms with E-state index in [9.17, 15) is 0 Å². The van der Waals surface area contributed by atoms with Crippen molar-refractivity contribution in [2.45, 2.75) is 51.7 Å². The molecule has 132 valence electrons. The summed E-state index contributed by atoms with van der Waals surface area (Å²) in [5, 5.41) is 4.15. The standard InChI is InChI=1S/C19H24N4OS/c1-15-18(21-19(24-15)16-6-11-25-13-16)12-23-8-3-2-4-17(23)5-9-22-10-7-20-14-22/h6-7,10-11,13-14,17H,2-5,8-9,12H2,1H3/t17-/m1/s1. The van der Waals surface area contributed by atoms with Gasteiger partial charge in [-0.1, -0.05) is 6.42 Å². The lowest BCUT2D eigenvalue weighted by molar-refractivity contribution is 0.126. The lowest BCUT2D eigenvalue weighted by Gasteiger charge is -2.35. The third-order valence-corrected chi connectivity index (χ3v) is 5.73. The number of aromatic nitrogens is 3. The highest BCUT2D eigenvalue weighted by Crippen LogP contribution is 2.27. The third kappa shape index (κ3) is 3.85. The SMILES string of the molecule is Cc1oc(-c2ccsc2)nc1CN1CCCC[C@@H]1CCn1ccnc1. The van der Waals surface area contributed by atoms with E-state index in [1.807, 2.05) is 25.6 Å². The summed E-state index contributed by atoms with van der Waals surface area (Å²) in [6.07, 6.45) is 10.8. The van der Waals surface area contributed by atoms with Crippen molar-refractivity contribution in [2.24, 2.45) is 0 Å². The van der Waals surface area contributed by atoms with E-state index >= 15 is 0 Å². The first-order chi connectivity index (χ1) is 12.3. The second-order valence-corrected chi connectivity index (χ2v) is 7.52. The number of oxazole rings is 1. The Labute approximate surface area is 152 Å². The van der Waals surface area contributed by atoms with Crippen LogP contribution in [0.15, 0.2) is 40.0 Å². The molecule has 1 aliphatic heterocycles. The van der Waals surface area contributed by atoms with E-state index in [0.717, 1.165) is 49.0 Å². The molecule has 1 saturated heterocycles. The van der Waals surface area contributed by atoms with Gasteiger partial charge < -0.3 is 8.98 Å². The van der Waals surface area contributed by atoms with Gasteiger partial charge in [-0.25, -0.2) is 9.97 Å². The average Bonchev–Trinajstić information content (AvgIpc) is 3.37. The molecule has 6 heteroatoms. The highest BCUT2D eigenvalue weighted by Gasteiger charge is 2.24. The number of rotatable bonds is 6. The molecule has 3 aromatic heterocycles. The Balaban J connectivity index is 1.44. The van der Waals surface area contributed by atoms with Crippen LogP contribution in [0.4, 0.5) is 0 Å². The zero-order chi connectivity index (χ0) is 17.1. The van der Waals surface area contributed by atoms with E-state index in [2.05, 4.69) is 31.3 Å². The minimum atomic E-state index is 0.608. The van der Waals surface area contributed by atoms with Crippen LogP contribution in [0.5, 0.6) is 0 Å². The Kier molecular flexibility index (Phi) is 4.99. The highest BCUT2D eigenvalue weighted by atomic mass is 32.1. The number of piperidine rings is 1. The number of likely N-dealkylation sites (tertiary alicyclic amines) is 1. The summed E-state index contributed by atoms with van der Waals surface area (Å²) in [6, 6.07) is 2.67. The zero-order valence-electron chi connectivity index (χ0n) is 14.6. The van der Waals surface area contributed by atoms with Gasteiger partial charge in [-0.2, -0.15) is 11.3 Å². The second kappa shape index (κ2) is 7.54. The molecule has 0 saturated carbocycles. The Morgan fingerprint density at radius 1 is 1.36 bits per heavy atom. The van der Waals surface area contributed by atoms with Crippen LogP contribution in [0.25, 0.3) is 11.5 Å². The number of hydrogen-bond donors (Lipinski definition) is 0. The summed E-state index contributed by atoms with van der Waals surface area (Å²) < 4.78 is 8.08. The van der Waals surface area contributed by atoms with Crippen molar-refractivity contribution < 1.29 is 4.42 Å². The lowest BCUT2D eigenvalue weighted by Crippen LogP contribution is -2.39. The van der Waals surface area contributed by atoms with E-state index in [-0.39, 0.29) is 0 Å². The largest absolute Gasteiger partial charge is 0.441 e. The monoisotopic (exact) mass is 356 g/mol. The molecule has 1 aliphatic rings. The summed E-state index contributed by atoms with van der Waals surface area (Å²) in [5.41, 5.74) is 2.16. The van der Waals surface area contributed by atoms with Crippen LogP contribution in [0.1, 0.15) is 37.1 Å². The highest BCUT2D eigenvalue weighted by molar-refractivity contribution is 7.08. The molecule has 0 amide bonds. The molecule has 4 heterocycles. The summed E-state index contributed by atoms with van der Waals surface area (Å²) in [6.45, 7) is 5.09. The third-order valence-electron chi connectivity index (χ3n) is 5.04. The average molecular weight is 356 g/mol. The molecule has 0 bridgehead atoms. The molecule has 1 atom stereocenters. The Morgan fingerprint density at radius 3 is 3.12 bits per heavy atom. The van der Waals surface area contributed by atoms with Gasteiger partial charge in [-0.15, -0.1) is 0 Å². The van der Waals surface area contributed by atoms with Gasteiger partial charge in [-0.3, -0.25) is 4.90 Å². The van der Waals surface area contributed by atoms with Gasteiger partial charge in [0.15, 0.2) is 0 Å². The molecule has 0 unspecified atom stereocenters. The minimum absolute atomic E-state index is 0.608. The molecule has 0 aromatic carbocycles. The molecular formula is C19H24N4OS. The van der Waals surface area contributed by atoms with Crippen molar-refractivity contribution >= 4 is 11.3 Å². The van der Waals surface area contributed by atoms with Gasteiger partial charge in [0.05, 0.1) is 12.0 Å². The van der Waals surface area contributed by atoms with Crippen LogP contribution in [-0.4, -0.2) is 32.0 Å².